The summed E-state index contributed by atoms with van der Waals surface area (Å²) in [6, 6.07) is 0. The Hall–Kier alpha value is -0.650. The molecule has 17 heavy (non-hydrogen) atoms. The van der Waals surface area contributed by atoms with E-state index in [1.54, 1.807) is 11.8 Å². The summed E-state index contributed by atoms with van der Waals surface area (Å²) >= 11 is 0. The van der Waals surface area contributed by atoms with Crippen LogP contribution in [0.2, 0.25) is 0 Å². The van der Waals surface area contributed by atoms with Gasteiger partial charge in [-0.25, -0.2) is 0 Å². The van der Waals surface area contributed by atoms with Gasteiger partial charge in [0.1, 0.15) is 6.10 Å². The van der Waals surface area contributed by atoms with Crippen LogP contribution in [0, 0.1) is 0 Å². The fourth-order valence-corrected chi connectivity index (χ4v) is 2.67. The highest BCUT2D eigenvalue weighted by molar-refractivity contribution is 5.81. The molecule has 5 heteroatoms. The van der Waals surface area contributed by atoms with E-state index in [0.717, 1.165) is 32.2 Å². The molecular weight excluding hydrogens is 220 g/mol. The minimum absolute atomic E-state index is 0.0147. The molecule has 0 saturated carbocycles. The van der Waals surface area contributed by atoms with E-state index in [1.165, 1.54) is 0 Å². The maximum atomic E-state index is 12.2. The Balaban J connectivity index is 1.92. The monoisotopic (exact) mass is 242 g/mol. The van der Waals surface area contributed by atoms with Gasteiger partial charge in [-0.3, -0.25) is 4.79 Å². The van der Waals surface area contributed by atoms with Crippen LogP contribution in [0.3, 0.4) is 0 Å². The summed E-state index contributed by atoms with van der Waals surface area (Å²) < 4.78 is 5.60. The molecule has 98 valence electrons. The highest BCUT2D eigenvalue weighted by Gasteiger charge is 2.37. The van der Waals surface area contributed by atoms with E-state index < -0.39 is 5.60 Å². The first-order chi connectivity index (χ1) is 8.02. The predicted molar refractivity (Wildman–Crippen MR) is 63.4 cm³/mol. The largest absolute Gasteiger partial charge is 0.388 e. The molecule has 0 spiro atoms. The van der Waals surface area contributed by atoms with Gasteiger partial charge in [-0.1, -0.05) is 0 Å². The zero-order valence-corrected chi connectivity index (χ0v) is 10.4. The Morgan fingerprint density at radius 2 is 2.35 bits per heavy atom. The molecule has 0 aromatic heterocycles. The Morgan fingerprint density at radius 1 is 1.59 bits per heavy atom. The zero-order valence-electron chi connectivity index (χ0n) is 10.4. The Labute approximate surface area is 102 Å². The van der Waals surface area contributed by atoms with Crippen LogP contribution in [0.25, 0.3) is 0 Å². The number of ether oxygens (including phenoxy) is 1. The van der Waals surface area contributed by atoms with E-state index in [-0.39, 0.29) is 18.1 Å². The molecule has 0 aliphatic carbocycles. The molecule has 3 N–H and O–H groups in total. The average molecular weight is 242 g/mol. The van der Waals surface area contributed by atoms with Crippen molar-refractivity contribution in [3.8, 4) is 0 Å². The second-order valence-electron chi connectivity index (χ2n) is 5.42. The Kier molecular flexibility index (Phi) is 3.70. The lowest BCUT2D eigenvalue weighted by molar-refractivity contribution is -0.148. The van der Waals surface area contributed by atoms with Crippen LogP contribution in [0.15, 0.2) is 0 Å². The first-order valence-corrected chi connectivity index (χ1v) is 6.38. The van der Waals surface area contributed by atoms with Crippen LogP contribution in [0.1, 0.15) is 32.6 Å². The minimum atomic E-state index is -0.750. The fraction of sp³-hybridized carbons (Fsp3) is 0.917. The molecule has 3 atom stereocenters. The summed E-state index contributed by atoms with van der Waals surface area (Å²) in [7, 11) is 0. The average Bonchev–Trinajstić information content (AvgIpc) is 2.75. The number of hydrogen-bond donors (Lipinski definition) is 2. The van der Waals surface area contributed by atoms with Gasteiger partial charge in [0, 0.05) is 19.6 Å². The molecule has 2 aliphatic heterocycles. The van der Waals surface area contributed by atoms with E-state index in [9.17, 15) is 9.90 Å². The van der Waals surface area contributed by atoms with Gasteiger partial charge < -0.3 is 20.5 Å². The fourth-order valence-electron chi connectivity index (χ4n) is 2.67. The molecule has 0 aromatic carbocycles. The molecule has 3 unspecified atom stereocenters. The number of piperidine rings is 1. The smallest absolute Gasteiger partial charge is 0.251 e. The van der Waals surface area contributed by atoms with Crippen LogP contribution in [-0.4, -0.2) is 53.4 Å². The predicted octanol–water partition coefficient (Wildman–Crippen LogP) is -0.134. The van der Waals surface area contributed by atoms with Crippen molar-refractivity contribution in [2.75, 3.05) is 19.6 Å². The zero-order chi connectivity index (χ0) is 12.5. The molecule has 2 aliphatic rings. The lowest BCUT2D eigenvalue weighted by Gasteiger charge is -2.37. The maximum absolute atomic E-state index is 12.2. The molecular formula is C12H22N2O3. The normalized spacial score (nSPS) is 38.4. The van der Waals surface area contributed by atoms with E-state index in [2.05, 4.69) is 0 Å². The number of carbonyl (C=O) groups excluding carboxylic acids is 1. The SMILES string of the molecule is CC1(O)CCCN(C(=O)C2CCC(CN)O2)C1. The van der Waals surface area contributed by atoms with Crippen molar-refractivity contribution in [2.24, 2.45) is 5.73 Å². The van der Waals surface area contributed by atoms with Gasteiger partial charge in [-0.05, 0) is 32.6 Å². The van der Waals surface area contributed by atoms with E-state index in [0.29, 0.717) is 13.1 Å². The van der Waals surface area contributed by atoms with Gasteiger partial charge >= 0.3 is 0 Å². The standard InChI is InChI=1S/C12H22N2O3/c1-12(16)5-2-6-14(8-12)11(15)10-4-3-9(7-13)17-10/h9-10,16H,2-8,13H2,1H3. The number of nitrogens with zero attached hydrogens (tertiary/aromatic N) is 1. The number of nitrogens with two attached hydrogens (primary N) is 1. The first-order valence-electron chi connectivity index (χ1n) is 6.38. The molecule has 2 rings (SSSR count). The molecule has 0 radical (unpaired) electrons. The van der Waals surface area contributed by atoms with Crippen molar-refractivity contribution in [1.82, 2.24) is 4.90 Å². The Bertz CT molecular complexity index is 293. The van der Waals surface area contributed by atoms with Gasteiger partial charge in [0.15, 0.2) is 0 Å². The third kappa shape index (κ3) is 2.97. The van der Waals surface area contributed by atoms with Crippen molar-refractivity contribution in [3.05, 3.63) is 0 Å². The van der Waals surface area contributed by atoms with Crippen molar-refractivity contribution < 1.29 is 14.6 Å². The number of aliphatic hydroxyl groups is 1. The minimum Gasteiger partial charge on any atom is -0.388 e. The van der Waals surface area contributed by atoms with Crippen molar-refractivity contribution in [2.45, 2.75) is 50.4 Å². The molecule has 0 aromatic rings. The van der Waals surface area contributed by atoms with Gasteiger partial charge in [0.05, 0.1) is 11.7 Å². The number of carbonyl (C=O) groups is 1. The van der Waals surface area contributed by atoms with Crippen molar-refractivity contribution in [1.29, 1.82) is 0 Å². The summed E-state index contributed by atoms with van der Waals surface area (Å²) in [5, 5.41) is 9.98. The summed E-state index contributed by atoms with van der Waals surface area (Å²) in [5.41, 5.74) is 4.78. The summed E-state index contributed by atoms with van der Waals surface area (Å²) in [6.07, 6.45) is 2.89. The van der Waals surface area contributed by atoms with Gasteiger partial charge in [-0.15, -0.1) is 0 Å². The van der Waals surface area contributed by atoms with Crippen LogP contribution in [0.4, 0.5) is 0 Å². The number of β-amino-alcohol motifs (C(OH)–C–C–N with tert-alkyl or cyclic N) is 1. The second-order valence-corrected chi connectivity index (χ2v) is 5.42. The number of amides is 1. The number of hydrogen-bond acceptors (Lipinski definition) is 4. The van der Waals surface area contributed by atoms with E-state index >= 15 is 0 Å². The Morgan fingerprint density at radius 3 is 2.94 bits per heavy atom. The van der Waals surface area contributed by atoms with Crippen LogP contribution in [0.5, 0.6) is 0 Å². The number of likely N-dealkylation sites (tertiary alicyclic amines) is 1. The highest BCUT2D eigenvalue weighted by atomic mass is 16.5. The maximum Gasteiger partial charge on any atom is 0.251 e. The summed E-state index contributed by atoms with van der Waals surface area (Å²) in [6.45, 7) is 3.40. The van der Waals surface area contributed by atoms with Gasteiger partial charge in [0.2, 0.25) is 0 Å². The van der Waals surface area contributed by atoms with Crippen LogP contribution < -0.4 is 5.73 Å². The van der Waals surface area contributed by atoms with Gasteiger partial charge in [-0.2, -0.15) is 0 Å². The highest BCUT2D eigenvalue weighted by Crippen LogP contribution is 2.25. The molecule has 1 amide bonds. The van der Waals surface area contributed by atoms with E-state index in [1.807, 2.05) is 0 Å². The van der Waals surface area contributed by atoms with Crippen LogP contribution >= 0.6 is 0 Å². The topological polar surface area (TPSA) is 75.8 Å². The second kappa shape index (κ2) is 4.92. The van der Waals surface area contributed by atoms with Crippen molar-refractivity contribution in [3.63, 3.8) is 0 Å². The molecule has 2 fully saturated rings. The lowest BCUT2D eigenvalue weighted by Crippen LogP contribution is -2.51. The first kappa shape index (κ1) is 12.8. The van der Waals surface area contributed by atoms with Crippen molar-refractivity contribution >= 4 is 5.91 Å². The molecule has 2 saturated heterocycles. The quantitative estimate of drug-likeness (QED) is 0.707. The van der Waals surface area contributed by atoms with Gasteiger partial charge in [0.25, 0.3) is 5.91 Å². The third-order valence-corrected chi connectivity index (χ3v) is 3.63. The molecule has 0 bridgehead atoms. The molecule has 2 heterocycles. The lowest BCUT2D eigenvalue weighted by atomic mass is 9.95. The molecule has 5 nitrogen and oxygen atoms in total. The van der Waals surface area contributed by atoms with Crippen LogP contribution in [-0.2, 0) is 9.53 Å². The summed E-state index contributed by atoms with van der Waals surface area (Å²) in [4.78, 5) is 13.9. The summed E-state index contributed by atoms with van der Waals surface area (Å²) in [5.74, 6) is 0.0147. The van der Waals surface area contributed by atoms with E-state index in [4.69, 9.17) is 10.5 Å². The number of rotatable bonds is 2. The third-order valence-electron chi connectivity index (χ3n) is 3.63.